The summed E-state index contributed by atoms with van der Waals surface area (Å²) in [5.74, 6) is 0.597. The summed E-state index contributed by atoms with van der Waals surface area (Å²) in [4.78, 5) is 15.3. The van der Waals surface area contributed by atoms with Crippen molar-refractivity contribution in [2.24, 2.45) is 5.10 Å². The number of anilines is 1. The van der Waals surface area contributed by atoms with E-state index >= 15 is 0 Å². The predicted octanol–water partition coefficient (Wildman–Crippen LogP) is 2.95. The molecule has 2 aromatic carbocycles. The zero-order chi connectivity index (χ0) is 14.8. The Hall–Kier alpha value is -3.28. The summed E-state index contributed by atoms with van der Waals surface area (Å²) in [6.07, 6.45) is 4.80. The van der Waals surface area contributed by atoms with Crippen LogP contribution in [0.2, 0.25) is 0 Å². The van der Waals surface area contributed by atoms with Crippen LogP contribution in [0.3, 0.4) is 0 Å². The maximum Gasteiger partial charge on any atom is 0.182 e. The van der Waals surface area contributed by atoms with E-state index < -0.39 is 0 Å². The summed E-state index contributed by atoms with van der Waals surface area (Å²) in [7, 11) is 0. The van der Waals surface area contributed by atoms with Gasteiger partial charge < -0.3 is 4.98 Å². The Morgan fingerprint density at radius 2 is 1.91 bits per heavy atom. The number of rotatable bonds is 3. The predicted molar refractivity (Wildman–Crippen MR) is 86.8 cm³/mol. The summed E-state index contributed by atoms with van der Waals surface area (Å²) in [5.41, 5.74) is 5.28. The second kappa shape index (κ2) is 5.25. The molecule has 0 bridgehead atoms. The van der Waals surface area contributed by atoms with E-state index in [1.807, 2.05) is 18.2 Å². The van der Waals surface area contributed by atoms with Gasteiger partial charge in [0.1, 0.15) is 11.8 Å². The highest BCUT2D eigenvalue weighted by Gasteiger charge is 2.03. The van der Waals surface area contributed by atoms with Crippen LogP contribution in [0.25, 0.3) is 21.9 Å². The molecule has 0 spiro atoms. The smallest absolute Gasteiger partial charge is 0.182 e. The third kappa shape index (κ3) is 2.26. The first-order valence-electron chi connectivity index (χ1n) is 6.82. The molecule has 0 saturated carbocycles. The largest absolute Gasteiger partial charge is 0.340 e. The van der Waals surface area contributed by atoms with Crippen LogP contribution >= 0.6 is 0 Å². The molecule has 0 aliphatic heterocycles. The van der Waals surface area contributed by atoms with Crippen LogP contribution in [-0.2, 0) is 0 Å². The summed E-state index contributed by atoms with van der Waals surface area (Å²) < 4.78 is 0. The Bertz CT molecular complexity index is 972. The first-order valence-corrected chi connectivity index (χ1v) is 6.82. The molecule has 22 heavy (non-hydrogen) atoms. The molecular weight excluding hydrogens is 276 g/mol. The number of benzene rings is 2. The number of aromatic nitrogens is 4. The lowest BCUT2D eigenvalue weighted by atomic mass is 10.1. The van der Waals surface area contributed by atoms with Gasteiger partial charge in [-0.1, -0.05) is 36.4 Å². The van der Waals surface area contributed by atoms with Gasteiger partial charge in [0.15, 0.2) is 11.5 Å². The van der Waals surface area contributed by atoms with E-state index in [0.717, 1.165) is 11.1 Å². The number of H-pyrrole nitrogens is 1. The summed E-state index contributed by atoms with van der Waals surface area (Å²) >= 11 is 0. The molecule has 0 amide bonds. The lowest BCUT2D eigenvalue weighted by Gasteiger charge is -2.01. The minimum Gasteiger partial charge on any atom is -0.340 e. The molecule has 0 saturated heterocycles. The van der Waals surface area contributed by atoms with Crippen LogP contribution in [0.4, 0.5) is 5.82 Å². The van der Waals surface area contributed by atoms with Crippen LogP contribution in [0, 0.1) is 0 Å². The van der Waals surface area contributed by atoms with Gasteiger partial charge >= 0.3 is 0 Å². The summed E-state index contributed by atoms with van der Waals surface area (Å²) in [6.45, 7) is 0. The SMILES string of the molecule is C(=NNc1ncnc2nc[nH]c12)c1ccc2ccccc2c1. The Morgan fingerprint density at radius 1 is 1.00 bits per heavy atom. The van der Waals surface area contributed by atoms with Gasteiger partial charge in [-0.2, -0.15) is 5.10 Å². The molecule has 2 aromatic heterocycles. The van der Waals surface area contributed by atoms with Crippen molar-refractivity contribution in [1.29, 1.82) is 0 Å². The number of hydrazone groups is 1. The van der Waals surface area contributed by atoms with Gasteiger partial charge in [0, 0.05) is 0 Å². The Kier molecular flexibility index (Phi) is 2.97. The van der Waals surface area contributed by atoms with E-state index in [4.69, 9.17) is 0 Å². The van der Waals surface area contributed by atoms with Gasteiger partial charge in [-0.3, -0.25) is 5.43 Å². The normalized spacial score (nSPS) is 11.5. The molecule has 2 heterocycles. The van der Waals surface area contributed by atoms with E-state index in [1.54, 1.807) is 12.5 Å². The highest BCUT2D eigenvalue weighted by atomic mass is 15.3. The van der Waals surface area contributed by atoms with Crippen molar-refractivity contribution in [3.8, 4) is 0 Å². The maximum absolute atomic E-state index is 4.24. The van der Waals surface area contributed by atoms with E-state index in [0.29, 0.717) is 11.5 Å². The van der Waals surface area contributed by atoms with E-state index in [2.05, 4.69) is 54.7 Å². The van der Waals surface area contributed by atoms with Crippen LogP contribution < -0.4 is 5.43 Å². The van der Waals surface area contributed by atoms with Gasteiger partial charge in [0.25, 0.3) is 0 Å². The molecule has 6 nitrogen and oxygen atoms in total. The number of hydrogen-bond donors (Lipinski definition) is 2. The first kappa shape index (κ1) is 12.5. The quantitative estimate of drug-likeness (QED) is 0.449. The molecular formula is C16H12N6. The van der Waals surface area contributed by atoms with Gasteiger partial charge in [-0.25, -0.2) is 15.0 Å². The number of fused-ring (bicyclic) bond motifs is 2. The fourth-order valence-corrected chi connectivity index (χ4v) is 2.31. The molecule has 2 N–H and O–H groups in total. The number of nitrogens with one attached hydrogen (secondary N) is 2. The Labute approximate surface area is 126 Å². The zero-order valence-corrected chi connectivity index (χ0v) is 11.6. The average Bonchev–Trinajstić information content (AvgIpc) is 3.04. The molecule has 0 aliphatic carbocycles. The lowest BCUT2D eigenvalue weighted by molar-refractivity contribution is 1.17. The van der Waals surface area contributed by atoms with Crippen molar-refractivity contribution in [2.45, 2.75) is 0 Å². The van der Waals surface area contributed by atoms with Crippen molar-refractivity contribution in [1.82, 2.24) is 19.9 Å². The van der Waals surface area contributed by atoms with Crippen LogP contribution in [-0.4, -0.2) is 26.2 Å². The highest BCUT2D eigenvalue weighted by Crippen LogP contribution is 2.16. The van der Waals surface area contributed by atoms with E-state index in [-0.39, 0.29) is 0 Å². The monoisotopic (exact) mass is 288 g/mol. The second-order valence-corrected chi connectivity index (χ2v) is 4.80. The number of hydrogen-bond acceptors (Lipinski definition) is 5. The van der Waals surface area contributed by atoms with Crippen molar-refractivity contribution < 1.29 is 0 Å². The topological polar surface area (TPSA) is 78.8 Å². The first-order chi connectivity index (χ1) is 10.9. The molecule has 0 unspecified atom stereocenters. The molecule has 6 heteroatoms. The van der Waals surface area contributed by atoms with E-state index in [1.165, 1.54) is 17.1 Å². The van der Waals surface area contributed by atoms with Crippen LogP contribution in [0.15, 0.2) is 60.2 Å². The molecule has 4 aromatic rings. The maximum atomic E-state index is 4.24. The lowest BCUT2D eigenvalue weighted by Crippen LogP contribution is -1.95. The standard InChI is InChI=1S/C16H12N6/c1-2-4-13-7-11(5-6-12(13)3-1)8-21-22-16-14-15(18-9-17-14)19-10-20-16/h1-10H,(H2,17,18,19,20,22). The van der Waals surface area contributed by atoms with Gasteiger partial charge in [0.2, 0.25) is 0 Å². The minimum absolute atomic E-state index is 0.597. The Balaban J connectivity index is 1.59. The highest BCUT2D eigenvalue weighted by molar-refractivity contribution is 5.91. The zero-order valence-electron chi connectivity index (χ0n) is 11.6. The van der Waals surface area contributed by atoms with E-state index in [9.17, 15) is 0 Å². The molecule has 0 fully saturated rings. The average molecular weight is 288 g/mol. The van der Waals surface area contributed by atoms with Gasteiger partial charge in [-0.05, 0) is 22.4 Å². The van der Waals surface area contributed by atoms with Crippen LogP contribution in [0.1, 0.15) is 5.56 Å². The minimum atomic E-state index is 0.597. The summed E-state index contributed by atoms with van der Waals surface area (Å²) in [5, 5.41) is 6.63. The molecule has 4 rings (SSSR count). The number of nitrogens with zero attached hydrogens (tertiary/aromatic N) is 4. The Morgan fingerprint density at radius 3 is 2.86 bits per heavy atom. The molecule has 0 aliphatic rings. The number of aromatic amines is 1. The summed E-state index contributed by atoms with van der Waals surface area (Å²) in [6, 6.07) is 14.4. The molecule has 0 radical (unpaired) electrons. The van der Waals surface area contributed by atoms with Crippen LogP contribution in [0.5, 0.6) is 0 Å². The van der Waals surface area contributed by atoms with Gasteiger partial charge in [0.05, 0.1) is 12.5 Å². The van der Waals surface area contributed by atoms with Crippen molar-refractivity contribution in [3.63, 3.8) is 0 Å². The second-order valence-electron chi connectivity index (χ2n) is 4.80. The van der Waals surface area contributed by atoms with Gasteiger partial charge in [-0.15, -0.1) is 0 Å². The molecule has 0 atom stereocenters. The number of imidazole rings is 1. The third-order valence-corrected chi connectivity index (χ3v) is 3.38. The fourth-order valence-electron chi connectivity index (χ4n) is 2.31. The van der Waals surface area contributed by atoms with Crippen molar-refractivity contribution in [2.75, 3.05) is 5.43 Å². The van der Waals surface area contributed by atoms with Crippen molar-refractivity contribution >= 4 is 34.0 Å². The fraction of sp³-hybridized carbons (Fsp3) is 0. The van der Waals surface area contributed by atoms with Crippen molar-refractivity contribution in [3.05, 3.63) is 60.7 Å². The molecule has 106 valence electrons. The third-order valence-electron chi connectivity index (χ3n) is 3.38.